The first-order valence-electron chi connectivity index (χ1n) is 12.2. The molecule has 1 aliphatic heterocycles. The third-order valence-electron chi connectivity index (χ3n) is 6.53. The summed E-state index contributed by atoms with van der Waals surface area (Å²) in [6.45, 7) is 3.18. The Labute approximate surface area is 202 Å². The summed E-state index contributed by atoms with van der Waals surface area (Å²) < 4.78 is 0. The maximum atomic E-state index is 13.1. The van der Waals surface area contributed by atoms with Gasteiger partial charge in [-0.1, -0.05) is 49.2 Å². The molecule has 4 nitrogen and oxygen atoms in total. The van der Waals surface area contributed by atoms with Gasteiger partial charge in [0, 0.05) is 33.6 Å². The van der Waals surface area contributed by atoms with Crippen molar-refractivity contribution in [3.8, 4) is 0 Å². The number of carbonyl (C=O) groups excluding carboxylic acids is 1. The molecule has 0 spiro atoms. The molecule has 1 unspecified atom stereocenters. The monoisotopic (exact) mass is 463 g/mol. The van der Waals surface area contributed by atoms with E-state index in [1.165, 1.54) is 11.3 Å². The average Bonchev–Trinajstić information content (AvgIpc) is 3.26. The SMILES string of the molecule is CCCCc1cc(CCCNC)c(/C=C2\C(=O)Nc3cccc(C4CCC=CC=C4Cl)c32)[nH]1. The summed E-state index contributed by atoms with van der Waals surface area (Å²) in [5.41, 5.74) is 7.29. The minimum Gasteiger partial charge on any atom is -0.359 e. The van der Waals surface area contributed by atoms with Gasteiger partial charge in [0.2, 0.25) is 0 Å². The van der Waals surface area contributed by atoms with Crippen LogP contribution in [0.15, 0.2) is 47.5 Å². The van der Waals surface area contributed by atoms with Crippen LogP contribution in [0.5, 0.6) is 0 Å². The van der Waals surface area contributed by atoms with Crippen LogP contribution in [0, 0.1) is 0 Å². The number of allylic oxidation sites excluding steroid dienone is 4. The van der Waals surface area contributed by atoms with Gasteiger partial charge in [-0.3, -0.25) is 4.79 Å². The van der Waals surface area contributed by atoms with E-state index < -0.39 is 0 Å². The second kappa shape index (κ2) is 11.0. The van der Waals surface area contributed by atoms with Gasteiger partial charge in [-0.15, -0.1) is 0 Å². The van der Waals surface area contributed by atoms with E-state index in [2.05, 4.69) is 46.8 Å². The predicted molar refractivity (Wildman–Crippen MR) is 140 cm³/mol. The number of fused-ring (bicyclic) bond motifs is 1. The van der Waals surface area contributed by atoms with Crippen LogP contribution in [0.1, 0.15) is 73.0 Å². The van der Waals surface area contributed by atoms with Crippen molar-refractivity contribution >= 4 is 34.8 Å². The normalized spacial score (nSPS) is 18.9. The number of anilines is 1. The predicted octanol–water partition coefficient (Wildman–Crippen LogP) is 6.56. The van der Waals surface area contributed by atoms with E-state index in [1.807, 2.05) is 31.3 Å². The van der Waals surface area contributed by atoms with Crippen LogP contribution in [0.3, 0.4) is 0 Å². The van der Waals surface area contributed by atoms with Crippen LogP contribution in [0.2, 0.25) is 0 Å². The van der Waals surface area contributed by atoms with Crippen LogP contribution < -0.4 is 10.6 Å². The fourth-order valence-corrected chi connectivity index (χ4v) is 5.10. The van der Waals surface area contributed by atoms with Gasteiger partial charge >= 0.3 is 0 Å². The number of unbranched alkanes of at least 4 members (excludes halogenated alkanes) is 1. The molecular weight excluding hydrogens is 430 g/mol. The number of nitrogens with one attached hydrogen (secondary N) is 3. The number of amides is 1. The van der Waals surface area contributed by atoms with Gasteiger partial charge in [0.25, 0.3) is 5.91 Å². The molecule has 1 aromatic heterocycles. The van der Waals surface area contributed by atoms with E-state index >= 15 is 0 Å². The summed E-state index contributed by atoms with van der Waals surface area (Å²) >= 11 is 6.69. The minimum atomic E-state index is -0.0461. The molecule has 0 bridgehead atoms. The first-order chi connectivity index (χ1) is 16.1. The fraction of sp³-hybridized carbons (Fsp3) is 0.393. The molecule has 3 N–H and O–H groups in total. The number of benzene rings is 1. The van der Waals surface area contributed by atoms with Gasteiger partial charge in [0.15, 0.2) is 0 Å². The molecule has 1 amide bonds. The van der Waals surface area contributed by atoms with Crippen molar-refractivity contribution in [2.75, 3.05) is 18.9 Å². The number of carbonyl (C=O) groups is 1. The maximum Gasteiger partial charge on any atom is 0.256 e. The molecule has 2 heterocycles. The molecule has 5 heteroatoms. The quantitative estimate of drug-likeness (QED) is 0.291. The van der Waals surface area contributed by atoms with Crippen molar-refractivity contribution < 1.29 is 4.79 Å². The van der Waals surface area contributed by atoms with Gasteiger partial charge in [0.05, 0.1) is 5.57 Å². The lowest BCUT2D eigenvalue weighted by molar-refractivity contribution is -0.110. The summed E-state index contributed by atoms with van der Waals surface area (Å²) in [6.07, 6.45) is 15.5. The van der Waals surface area contributed by atoms with Crippen molar-refractivity contribution in [1.29, 1.82) is 0 Å². The van der Waals surface area contributed by atoms with E-state index in [9.17, 15) is 4.79 Å². The van der Waals surface area contributed by atoms with Crippen LogP contribution in [-0.2, 0) is 17.6 Å². The van der Waals surface area contributed by atoms with Crippen LogP contribution in [-0.4, -0.2) is 24.5 Å². The Morgan fingerprint density at radius 2 is 2.12 bits per heavy atom. The van der Waals surface area contributed by atoms with E-state index in [4.69, 9.17) is 11.6 Å². The number of rotatable bonds is 9. The highest BCUT2D eigenvalue weighted by Crippen LogP contribution is 2.43. The summed E-state index contributed by atoms with van der Waals surface area (Å²) in [5.74, 6) is 0.0433. The minimum absolute atomic E-state index is 0.0461. The zero-order valence-corrected chi connectivity index (χ0v) is 20.4. The zero-order chi connectivity index (χ0) is 23.2. The van der Waals surface area contributed by atoms with Crippen molar-refractivity contribution in [3.63, 3.8) is 0 Å². The molecule has 0 fully saturated rings. The van der Waals surface area contributed by atoms with Crippen molar-refractivity contribution in [3.05, 3.63) is 75.6 Å². The molecule has 0 radical (unpaired) electrons. The third kappa shape index (κ3) is 5.34. The molecule has 2 aromatic rings. The van der Waals surface area contributed by atoms with Crippen LogP contribution >= 0.6 is 11.6 Å². The summed E-state index contributed by atoms with van der Waals surface area (Å²) in [6, 6.07) is 8.41. The lowest BCUT2D eigenvalue weighted by atomic mass is 9.87. The molecule has 4 rings (SSSR count). The Kier molecular flexibility index (Phi) is 7.89. The van der Waals surface area contributed by atoms with E-state index in [-0.39, 0.29) is 11.8 Å². The Morgan fingerprint density at radius 3 is 2.94 bits per heavy atom. The highest BCUT2D eigenvalue weighted by atomic mass is 35.5. The number of halogens is 1. The Balaban J connectivity index is 1.75. The second-order valence-corrected chi connectivity index (χ2v) is 9.37. The van der Waals surface area contributed by atoms with Gasteiger partial charge in [-0.05, 0) is 87.5 Å². The van der Waals surface area contributed by atoms with Gasteiger partial charge in [0.1, 0.15) is 0 Å². The topological polar surface area (TPSA) is 56.9 Å². The standard InChI is InChI=1S/C28H34ClN3O/c1-3-4-11-20-17-19(10-9-16-30-2)26(31-20)18-23-27-22(13-8-15-25(27)32-28(23)33)21-12-6-5-7-14-24(21)29/h5,7-8,13-15,17-18,21,30-31H,3-4,6,9-12,16H2,1-2H3,(H,32,33)/b23-18-. The zero-order valence-electron chi connectivity index (χ0n) is 19.6. The number of hydrogen-bond donors (Lipinski definition) is 3. The molecule has 174 valence electrons. The van der Waals surface area contributed by atoms with Gasteiger partial charge in [-0.25, -0.2) is 0 Å². The van der Waals surface area contributed by atoms with Gasteiger partial charge < -0.3 is 15.6 Å². The fourth-order valence-electron chi connectivity index (χ4n) is 4.80. The average molecular weight is 464 g/mol. The smallest absolute Gasteiger partial charge is 0.256 e. The summed E-state index contributed by atoms with van der Waals surface area (Å²) in [4.78, 5) is 16.7. The lowest BCUT2D eigenvalue weighted by Gasteiger charge is -2.18. The van der Waals surface area contributed by atoms with Crippen LogP contribution in [0.4, 0.5) is 5.69 Å². The second-order valence-electron chi connectivity index (χ2n) is 8.94. The Bertz CT molecular complexity index is 1090. The number of aromatic amines is 1. The van der Waals surface area contributed by atoms with Crippen LogP contribution in [0.25, 0.3) is 11.6 Å². The third-order valence-corrected chi connectivity index (χ3v) is 6.92. The molecule has 0 saturated carbocycles. The Hall–Kier alpha value is -2.56. The van der Waals surface area contributed by atoms with Crippen molar-refractivity contribution in [1.82, 2.24) is 10.3 Å². The molecular formula is C28H34ClN3O. The van der Waals surface area contributed by atoms with E-state index in [0.717, 1.165) is 84.6 Å². The van der Waals surface area contributed by atoms with Crippen molar-refractivity contribution in [2.24, 2.45) is 0 Å². The number of H-pyrrole nitrogens is 1. The molecule has 0 saturated heterocycles. The molecule has 33 heavy (non-hydrogen) atoms. The number of aromatic nitrogens is 1. The highest BCUT2D eigenvalue weighted by Gasteiger charge is 2.31. The van der Waals surface area contributed by atoms with Crippen molar-refractivity contribution in [2.45, 2.75) is 57.8 Å². The Morgan fingerprint density at radius 1 is 1.24 bits per heavy atom. The largest absolute Gasteiger partial charge is 0.359 e. The first-order valence-corrected chi connectivity index (χ1v) is 12.5. The number of aryl methyl sites for hydroxylation is 2. The van der Waals surface area contributed by atoms with E-state index in [1.54, 1.807) is 0 Å². The molecule has 2 aliphatic rings. The molecule has 1 aromatic carbocycles. The summed E-state index contributed by atoms with van der Waals surface area (Å²) in [7, 11) is 1.98. The first kappa shape index (κ1) is 23.6. The maximum absolute atomic E-state index is 13.1. The van der Waals surface area contributed by atoms with E-state index in [0.29, 0.717) is 0 Å². The lowest BCUT2D eigenvalue weighted by Crippen LogP contribution is -2.08. The molecule has 1 atom stereocenters. The summed E-state index contributed by atoms with van der Waals surface area (Å²) in [5, 5.41) is 7.14. The molecule has 1 aliphatic carbocycles. The van der Waals surface area contributed by atoms with Gasteiger partial charge in [-0.2, -0.15) is 0 Å². The highest BCUT2D eigenvalue weighted by molar-refractivity contribution is 6.35. The number of hydrogen-bond acceptors (Lipinski definition) is 2.